The van der Waals surface area contributed by atoms with Gasteiger partial charge in [-0.15, -0.1) is 0 Å². The van der Waals surface area contributed by atoms with Crippen molar-refractivity contribution >= 4 is 11.7 Å². The molecule has 0 bridgehead atoms. The third kappa shape index (κ3) is 3.85. The van der Waals surface area contributed by atoms with Crippen molar-refractivity contribution in [1.82, 2.24) is 14.9 Å². The molecular formula is C15H17N3O4. The van der Waals surface area contributed by atoms with Crippen molar-refractivity contribution in [1.29, 1.82) is 0 Å². The van der Waals surface area contributed by atoms with Crippen molar-refractivity contribution in [3.05, 3.63) is 52.2 Å². The van der Waals surface area contributed by atoms with Crippen LogP contribution in [0.3, 0.4) is 0 Å². The Morgan fingerprint density at radius 3 is 2.82 bits per heavy atom. The van der Waals surface area contributed by atoms with Crippen LogP contribution in [0.4, 0.5) is 0 Å². The highest BCUT2D eigenvalue weighted by molar-refractivity contribution is 5.96. The second kappa shape index (κ2) is 6.75. The van der Waals surface area contributed by atoms with E-state index in [0.717, 1.165) is 0 Å². The van der Waals surface area contributed by atoms with E-state index < -0.39 is 5.43 Å². The molecular weight excluding hydrogens is 286 g/mol. The number of aromatic hydroxyl groups is 1. The van der Waals surface area contributed by atoms with Crippen molar-refractivity contribution in [3.63, 3.8) is 0 Å². The molecule has 0 atom stereocenters. The summed E-state index contributed by atoms with van der Waals surface area (Å²) in [4.78, 5) is 37.6. The molecule has 0 radical (unpaired) electrons. The Bertz CT molecular complexity index is 732. The Labute approximate surface area is 126 Å². The molecule has 0 aromatic carbocycles. The molecule has 7 nitrogen and oxygen atoms in total. The average molecular weight is 303 g/mol. The van der Waals surface area contributed by atoms with E-state index in [1.54, 1.807) is 29.9 Å². The van der Waals surface area contributed by atoms with Crippen LogP contribution in [0.2, 0.25) is 0 Å². The standard InChI is InChI=1S/C15H17N3O4/c1-18-9-14(21)13(20)7-10(18)8-17-15(22)5-4-12(19)11-3-2-6-16-11/h2-3,6-7,9,16,21H,4-5,8H2,1H3,(H,17,22). The molecule has 2 rings (SSSR count). The van der Waals surface area contributed by atoms with Crippen LogP contribution in [0.1, 0.15) is 29.0 Å². The Kier molecular flexibility index (Phi) is 4.77. The zero-order chi connectivity index (χ0) is 16.1. The smallest absolute Gasteiger partial charge is 0.223 e. The number of amides is 1. The quantitative estimate of drug-likeness (QED) is 0.683. The first-order chi connectivity index (χ1) is 10.5. The van der Waals surface area contributed by atoms with E-state index in [9.17, 15) is 19.5 Å². The molecule has 0 saturated heterocycles. The van der Waals surface area contributed by atoms with E-state index in [1.165, 1.54) is 12.3 Å². The highest BCUT2D eigenvalue weighted by Gasteiger charge is 2.10. The number of carbonyl (C=O) groups excluding carboxylic acids is 2. The van der Waals surface area contributed by atoms with Crippen LogP contribution >= 0.6 is 0 Å². The summed E-state index contributed by atoms with van der Waals surface area (Å²) in [6, 6.07) is 4.64. The Morgan fingerprint density at radius 1 is 1.36 bits per heavy atom. The number of H-pyrrole nitrogens is 1. The summed E-state index contributed by atoms with van der Waals surface area (Å²) in [5, 5.41) is 11.9. The molecule has 0 fully saturated rings. The lowest BCUT2D eigenvalue weighted by Gasteiger charge is -2.10. The fourth-order valence-electron chi connectivity index (χ4n) is 1.98. The molecule has 3 N–H and O–H groups in total. The van der Waals surface area contributed by atoms with Crippen LogP contribution in [0.15, 0.2) is 35.4 Å². The van der Waals surface area contributed by atoms with Gasteiger partial charge in [0.15, 0.2) is 11.5 Å². The number of nitrogens with zero attached hydrogens (tertiary/aromatic N) is 1. The minimum Gasteiger partial charge on any atom is -0.503 e. The molecule has 2 aromatic heterocycles. The van der Waals surface area contributed by atoms with Crippen LogP contribution in [0.5, 0.6) is 5.75 Å². The molecule has 0 spiro atoms. The van der Waals surface area contributed by atoms with Crippen LogP contribution in [-0.4, -0.2) is 26.3 Å². The summed E-state index contributed by atoms with van der Waals surface area (Å²) in [7, 11) is 1.66. The largest absolute Gasteiger partial charge is 0.503 e. The van der Waals surface area contributed by atoms with E-state index >= 15 is 0 Å². The first-order valence-electron chi connectivity index (χ1n) is 6.79. The highest BCUT2D eigenvalue weighted by atomic mass is 16.3. The second-order valence-electron chi connectivity index (χ2n) is 4.91. The van der Waals surface area contributed by atoms with Gasteiger partial charge in [-0.05, 0) is 12.1 Å². The lowest BCUT2D eigenvalue weighted by atomic mass is 10.1. The summed E-state index contributed by atoms with van der Waals surface area (Å²) in [6.45, 7) is 0.154. The van der Waals surface area contributed by atoms with Gasteiger partial charge in [-0.3, -0.25) is 14.4 Å². The lowest BCUT2D eigenvalue weighted by molar-refractivity contribution is -0.121. The minimum atomic E-state index is -0.496. The first-order valence-corrected chi connectivity index (χ1v) is 6.79. The van der Waals surface area contributed by atoms with E-state index in [1.807, 2.05) is 0 Å². The van der Waals surface area contributed by atoms with Gasteiger partial charge in [-0.25, -0.2) is 0 Å². The van der Waals surface area contributed by atoms with Gasteiger partial charge in [0.25, 0.3) is 0 Å². The summed E-state index contributed by atoms with van der Waals surface area (Å²) in [5.74, 6) is -0.744. The first kappa shape index (κ1) is 15.6. The van der Waals surface area contributed by atoms with Crippen molar-refractivity contribution in [3.8, 4) is 5.75 Å². The molecule has 2 aromatic rings. The zero-order valence-corrected chi connectivity index (χ0v) is 12.1. The monoisotopic (exact) mass is 303 g/mol. The van der Waals surface area contributed by atoms with Gasteiger partial charge in [-0.1, -0.05) is 0 Å². The lowest BCUT2D eigenvalue weighted by Crippen LogP contribution is -2.25. The van der Waals surface area contributed by atoms with Crippen molar-refractivity contribution in [2.75, 3.05) is 0 Å². The van der Waals surface area contributed by atoms with Crippen molar-refractivity contribution < 1.29 is 14.7 Å². The number of hydrogen-bond donors (Lipinski definition) is 3. The third-order valence-electron chi connectivity index (χ3n) is 3.26. The fourth-order valence-corrected chi connectivity index (χ4v) is 1.98. The Hall–Kier alpha value is -2.83. The predicted octanol–water partition coefficient (Wildman–Crippen LogP) is 0.698. The van der Waals surface area contributed by atoms with E-state index in [4.69, 9.17) is 0 Å². The number of aromatic nitrogens is 2. The van der Waals surface area contributed by atoms with Crippen molar-refractivity contribution in [2.45, 2.75) is 19.4 Å². The number of ketones is 1. The van der Waals surface area contributed by atoms with Gasteiger partial charge >= 0.3 is 0 Å². The Balaban J connectivity index is 1.84. The molecule has 0 unspecified atom stereocenters. The van der Waals surface area contributed by atoms with Gasteiger partial charge < -0.3 is 20.0 Å². The zero-order valence-electron chi connectivity index (χ0n) is 12.1. The average Bonchev–Trinajstić information content (AvgIpc) is 3.01. The van der Waals surface area contributed by atoms with E-state index in [-0.39, 0.29) is 36.8 Å². The topological polar surface area (TPSA) is 104 Å². The van der Waals surface area contributed by atoms with Crippen molar-refractivity contribution in [2.24, 2.45) is 7.05 Å². The second-order valence-corrected chi connectivity index (χ2v) is 4.91. The number of pyridine rings is 1. The minimum absolute atomic E-state index is 0.0733. The predicted molar refractivity (Wildman–Crippen MR) is 79.6 cm³/mol. The third-order valence-corrected chi connectivity index (χ3v) is 3.26. The maximum Gasteiger partial charge on any atom is 0.223 e. The number of carbonyl (C=O) groups is 2. The van der Waals surface area contributed by atoms with E-state index in [0.29, 0.717) is 11.4 Å². The Morgan fingerprint density at radius 2 is 2.14 bits per heavy atom. The number of Topliss-reactive ketones (excluding diaryl/α,β-unsaturated/α-hetero) is 1. The van der Waals surface area contributed by atoms with Gasteiger partial charge in [0.1, 0.15) is 0 Å². The van der Waals surface area contributed by atoms with Crippen LogP contribution < -0.4 is 10.7 Å². The molecule has 0 saturated carbocycles. The maximum atomic E-state index is 11.7. The van der Waals surface area contributed by atoms with Gasteiger partial charge in [-0.2, -0.15) is 0 Å². The van der Waals surface area contributed by atoms with Crippen LogP contribution in [0, 0.1) is 0 Å². The molecule has 0 aliphatic carbocycles. The highest BCUT2D eigenvalue weighted by Crippen LogP contribution is 2.04. The number of rotatable bonds is 6. The summed E-state index contributed by atoms with van der Waals surface area (Å²) in [6.07, 6.45) is 3.13. The molecule has 0 aliphatic rings. The molecule has 2 heterocycles. The number of aryl methyl sites for hydroxylation is 1. The van der Waals surface area contributed by atoms with E-state index in [2.05, 4.69) is 10.3 Å². The molecule has 0 aliphatic heterocycles. The summed E-state index contributed by atoms with van der Waals surface area (Å²) >= 11 is 0. The normalized spacial score (nSPS) is 10.4. The number of aromatic amines is 1. The van der Waals surface area contributed by atoms with Gasteiger partial charge in [0, 0.05) is 44.0 Å². The van der Waals surface area contributed by atoms with Crippen LogP contribution in [0.25, 0.3) is 0 Å². The SMILES string of the molecule is Cn1cc(O)c(=O)cc1CNC(=O)CCC(=O)c1ccc[nH]1. The molecule has 22 heavy (non-hydrogen) atoms. The fraction of sp³-hybridized carbons (Fsp3) is 0.267. The van der Waals surface area contributed by atoms with Gasteiger partial charge in [0.2, 0.25) is 11.3 Å². The molecule has 116 valence electrons. The summed E-state index contributed by atoms with van der Waals surface area (Å²) < 4.78 is 1.56. The van der Waals surface area contributed by atoms with Crippen LogP contribution in [-0.2, 0) is 18.4 Å². The number of nitrogens with one attached hydrogen (secondary N) is 2. The number of hydrogen-bond acceptors (Lipinski definition) is 4. The molecule has 7 heteroatoms. The maximum absolute atomic E-state index is 11.7. The van der Waals surface area contributed by atoms with Gasteiger partial charge in [0.05, 0.1) is 12.2 Å². The summed E-state index contributed by atoms with van der Waals surface area (Å²) in [5.41, 5.74) is 0.546. The molecule has 1 amide bonds.